The zero-order chi connectivity index (χ0) is 16.5. The standard InChI is InChI=1S/C17H20N4O2S/c22-15(20-16-19-13-3-1-2-4-14(13)24-16)11-7-9-21(10-8-11)17(23)18-12-5-6-12/h1-4,11-12H,5-10H2,(H,18,23)(H,19,20,22). The Labute approximate surface area is 144 Å². The quantitative estimate of drug-likeness (QED) is 0.899. The Bertz CT molecular complexity index is 730. The highest BCUT2D eigenvalue weighted by atomic mass is 32.1. The molecule has 0 unspecified atom stereocenters. The minimum Gasteiger partial charge on any atom is -0.335 e. The second-order valence-electron chi connectivity index (χ2n) is 6.46. The summed E-state index contributed by atoms with van der Waals surface area (Å²) >= 11 is 1.49. The SMILES string of the molecule is O=C(Nc1nc2ccccc2s1)C1CCN(C(=O)NC2CC2)CC1. The van der Waals surface area contributed by atoms with Crippen molar-refractivity contribution in [3.05, 3.63) is 24.3 Å². The van der Waals surface area contributed by atoms with E-state index in [2.05, 4.69) is 15.6 Å². The molecule has 1 saturated carbocycles. The summed E-state index contributed by atoms with van der Waals surface area (Å²) in [5.74, 6) is -0.0432. The summed E-state index contributed by atoms with van der Waals surface area (Å²) in [5, 5.41) is 6.59. The Morgan fingerprint density at radius 2 is 1.88 bits per heavy atom. The van der Waals surface area contributed by atoms with Gasteiger partial charge in [0.05, 0.1) is 10.2 Å². The number of fused-ring (bicyclic) bond motifs is 1. The zero-order valence-corrected chi connectivity index (χ0v) is 14.1. The molecule has 6 nitrogen and oxygen atoms in total. The van der Waals surface area contributed by atoms with Gasteiger partial charge in [0.25, 0.3) is 0 Å². The number of benzene rings is 1. The molecule has 1 aromatic heterocycles. The van der Waals surface area contributed by atoms with E-state index in [4.69, 9.17) is 0 Å². The Morgan fingerprint density at radius 1 is 1.12 bits per heavy atom. The van der Waals surface area contributed by atoms with Crippen molar-refractivity contribution in [1.82, 2.24) is 15.2 Å². The van der Waals surface area contributed by atoms with E-state index in [1.54, 1.807) is 0 Å². The molecule has 2 N–H and O–H groups in total. The Morgan fingerprint density at radius 3 is 2.58 bits per heavy atom. The first-order chi connectivity index (χ1) is 11.7. The number of hydrogen-bond donors (Lipinski definition) is 2. The minimum atomic E-state index is -0.0537. The molecular weight excluding hydrogens is 324 g/mol. The number of rotatable bonds is 3. The third-order valence-corrected chi connectivity index (χ3v) is 5.53. The maximum Gasteiger partial charge on any atom is 0.317 e. The summed E-state index contributed by atoms with van der Waals surface area (Å²) in [5.41, 5.74) is 0.907. The van der Waals surface area contributed by atoms with Crippen molar-refractivity contribution < 1.29 is 9.59 Å². The third kappa shape index (κ3) is 3.36. The molecule has 3 amide bonds. The molecule has 0 spiro atoms. The van der Waals surface area contributed by atoms with E-state index in [1.165, 1.54) is 11.3 Å². The third-order valence-electron chi connectivity index (χ3n) is 4.58. The van der Waals surface area contributed by atoms with Crippen LogP contribution in [0.2, 0.25) is 0 Å². The number of urea groups is 1. The van der Waals surface area contributed by atoms with E-state index < -0.39 is 0 Å². The topological polar surface area (TPSA) is 74.3 Å². The van der Waals surface area contributed by atoms with Crippen molar-refractivity contribution in [3.63, 3.8) is 0 Å². The van der Waals surface area contributed by atoms with Crippen molar-refractivity contribution in [2.24, 2.45) is 5.92 Å². The van der Waals surface area contributed by atoms with Gasteiger partial charge in [-0.3, -0.25) is 4.79 Å². The van der Waals surface area contributed by atoms with Crippen molar-refractivity contribution in [3.8, 4) is 0 Å². The van der Waals surface area contributed by atoms with E-state index in [1.807, 2.05) is 29.2 Å². The molecule has 0 bridgehead atoms. The Hall–Kier alpha value is -2.15. The highest BCUT2D eigenvalue weighted by Gasteiger charge is 2.30. The molecule has 24 heavy (non-hydrogen) atoms. The van der Waals surface area contributed by atoms with E-state index in [9.17, 15) is 9.59 Å². The first-order valence-corrected chi connectivity index (χ1v) is 9.22. The number of aromatic nitrogens is 1. The molecule has 1 saturated heterocycles. The minimum absolute atomic E-state index is 0.0105. The smallest absolute Gasteiger partial charge is 0.317 e. The van der Waals surface area contributed by atoms with Crippen LogP contribution in [0.3, 0.4) is 0 Å². The van der Waals surface area contributed by atoms with E-state index in [-0.39, 0.29) is 17.9 Å². The molecule has 1 aliphatic heterocycles. The number of carbonyl (C=O) groups is 2. The van der Waals surface area contributed by atoms with Crippen LogP contribution in [0.25, 0.3) is 10.2 Å². The van der Waals surface area contributed by atoms with Gasteiger partial charge in [0, 0.05) is 25.0 Å². The number of anilines is 1. The lowest BCUT2D eigenvalue weighted by atomic mass is 9.96. The second kappa shape index (κ2) is 6.39. The van der Waals surface area contributed by atoms with Crippen LogP contribution in [0.5, 0.6) is 0 Å². The van der Waals surface area contributed by atoms with Gasteiger partial charge in [0.15, 0.2) is 5.13 Å². The molecule has 7 heteroatoms. The first kappa shape index (κ1) is 15.4. The molecule has 1 aliphatic carbocycles. The van der Waals surface area contributed by atoms with Crippen molar-refractivity contribution >= 4 is 38.6 Å². The fourth-order valence-electron chi connectivity index (χ4n) is 2.97. The second-order valence-corrected chi connectivity index (χ2v) is 7.49. The predicted octanol–water partition coefficient (Wildman–Crippen LogP) is 2.82. The van der Waals surface area contributed by atoms with E-state index in [0.29, 0.717) is 37.1 Å². The molecule has 2 heterocycles. The molecule has 0 atom stereocenters. The Kier molecular flexibility index (Phi) is 4.10. The van der Waals surface area contributed by atoms with Gasteiger partial charge < -0.3 is 15.5 Å². The fourth-order valence-corrected chi connectivity index (χ4v) is 3.84. The van der Waals surface area contributed by atoms with E-state index in [0.717, 1.165) is 23.1 Å². The van der Waals surface area contributed by atoms with Crippen molar-refractivity contribution in [2.75, 3.05) is 18.4 Å². The van der Waals surface area contributed by atoms with Crippen LogP contribution < -0.4 is 10.6 Å². The molecule has 1 aromatic carbocycles. The molecular formula is C17H20N4O2S. The molecule has 0 radical (unpaired) electrons. The van der Waals surface area contributed by atoms with Crippen LogP contribution in [0.15, 0.2) is 24.3 Å². The first-order valence-electron chi connectivity index (χ1n) is 8.41. The van der Waals surface area contributed by atoms with Gasteiger partial charge >= 0.3 is 6.03 Å². The summed E-state index contributed by atoms with van der Waals surface area (Å²) in [6.07, 6.45) is 3.59. The molecule has 126 valence electrons. The van der Waals surface area contributed by atoms with E-state index >= 15 is 0 Å². The summed E-state index contributed by atoms with van der Waals surface area (Å²) in [4.78, 5) is 30.7. The summed E-state index contributed by atoms with van der Waals surface area (Å²) in [6, 6.07) is 8.24. The zero-order valence-electron chi connectivity index (χ0n) is 13.3. The van der Waals surface area contributed by atoms with Gasteiger partial charge in [-0.2, -0.15) is 0 Å². The molecule has 4 rings (SSSR count). The van der Waals surface area contributed by atoms with Gasteiger partial charge in [-0.25, -0.2) is 9.78 Å². The van der Waals surface area contributed by atoms with Gasteiger partial charge in [-0.1, -0.05) is 23.5 Å². The van der Waals surface area contributed by atoms with Crippen LogP contribution in [-0.2, 0) is 4.79 Å². The highest BCUT2D eigenvalue weighted by molar-refractivity contribution is 7.22. The number of para-hydroxylation sites is 1. The van der Waals surface area contributed by atoms with Crippen LogP contribution >= 0.6 is 11.3 Å². The summed E-state index contributed by atoms with van der Waals surface area (Å²) < 4.78 is 1.07. The normalized spacial score (nSPS) is 18.6. The number of nitrogens with one attached hydrogen (secondary N) is 2. The van der Waals surface area contributed by atoms with Crippen molar-refractivity contribution in [2.45, 2.75) is 31.7 Å². The average Bonchev–Trinajstić information content (AvgIpc) is 3.31. The van der Waals surface area contributed by atoms with Crippen molar-refractivity contribution in [1.29, 1.82) is 0 Å². The molecule has 2 aliphatic rings. The number of likely N-dealkylation sites (tertiary alicyclic amines) is 1. The number of carbonyl (C=O) groups excluding carboxylic acids is 2. The fraction of sp³-hybridized carbons (Fsp3) is 0.471. The maximum atomic E-state index is 12.4. The average molecular weight is 344 g/mol. The molecule has 2 aromatic rings. The van der Waals surface area contributed by atoms with Crippen LogP contribution in [-0.4, -0.2) is 41.0 Å². The van der Waals surface area contributed by atoms with Gasteiger partial charge in [0.2, 0.25) is 5.91 Å². The Balaban J connectivity index is 1.31. The number of piperidine rings is 1. The lowest BCUT2D eigenvalue weighted by Gasteiger charge is -2.31. The van der Waals surface area contributed by atoms with Gasteiger partial charge in [-0.05, 0) is 37.8 Å². The summed E-state index contributed by atoms with van der Waals surface area (Å²) in [7, 11) is 0. The number of amides is 3. The lowest BCUT2D eigenvalue weighted by molar-refractivity contribution is -0.121. The largest absolute Gasteiger partial charge is 0.335 e. The maximum absolute atomic E-state index is 12.4. The lowest BCUT2D eigenvalue weighted by Crippen LogP contribution is -2.46. The number of nitrogens with zero attached hydrogens (tertiary/aromatic N) is 2. The molecule has 2 fully saturated rings. The van der Waals surface area contributed by atoms with Gasteiger partial charge in [-0.15, -0.1) is 0 Å². The number of thiazole rings is 1. The highest BCUT2D eigenvalue weighted by Crippen LogP contribution is 2.27. The van der Waals surface area contributed by atoms with Gasteiger partial charge in [0.1, 0.15) is 0 Å². The number of hydrogen-bond acceptors (Lipinski definition) is 4. The summed E-state index contributed by atoms with van der Waals surface area (Å²) in [6.45, 7) is 1.27. The van der Waals surface area contributed by atoms with Crippen LogP contribution in [0.1, 0.15) is 25.7 Å². The van der Waals surface area contributed by atoms with Crippen LogP contribution in [0, 0.1) is 5.92 Å². The van der Waals surface area contributed by atoms with Crippen LogP contribution in [0.4, 0.5) is 9.93 Å². The monoisotopic (exact) mass is 344 g/mol. The predicted molar refractivity (Wildman–Crippen MR) is 94.1 cm³/mol.